The Balaban J connectivity index is 1.51. The highest BCUT2D eigenvalue weighted by atomic mass is 16.6. The molecule has 1 aromatic carbocycles. The summed E-state index contributed by atoms with van der Waals surface area (Å²) < 4.78 is 11.3. The molecule has 2 aliphatic rings. The summed E-state index contributed by atoms with van der Waals surface area (Å²) in [6.07, 6.45) is -2.15. The van der Waals surface area contributed by atoms with E-state index in [4.69, 9.17) is 9.47 Å². The maximum atomic E-state index is 12.2. The number of ether oxygens (including phenoxy) is 2. The number of aliphatic hydroxyl groups is 4. The number of carbonyl (C=O) groups excluding carboxylic acids is 1. The van der Waals surface area contributed by atoms with E-state index in [2.05, 4.69) is 0 Å². The standard InChI is InChI=1S/C22H30O7/c1-12(13(2)23)22-19(29-22)8-15-11-28-18(21(27)20(15)26)10-16(24)9-17(25)14-6-4-3-5-7-14/h3-7,9,12-13,15,18-23,25-27H,8,10-11H2,1-2H3/b17-9-/t12-,13-,15-,18-,19-,20+,21-,22-/m0/s1. The second kappa shape index (κ2) is 9.36. The Labute approximate surface area is 170 Å². The Morgan fingerprint density at radius 1 is 1.17 bits per heavy atom. The molecule has 0 spiro atoms. The first kappa shape index (κ1) is 21.9. The summed E-state index contributed by atoms with van der Waals surface area (Å²) in [6.45, 7) is 3.84. The van der Waals surface area contributed by atoms with Gasteiger partial charge in [-0.1, -0.05) is 37.3 Å². The van der Waals surface area contributed by atoms with Crippen molar-refractivity contribution in [1.82, 2.24) is 0 Å². The van der Waals surface area contributed by atoms with E-state index < -0.39 is 30.2 Å². The molecule has 0 aliphatic carbocycles. The Kier molecular flexibility index (Phi) is 7.08. The van der Waals surface area contributed by atoms with Crippen LogP contribution in [0.4, 0.5) is 0 Å². The maximum Gasteiger partial charge on any atom is 0.162 e. The number of hydrogen-bond acceptors (Lipinski definition) is 7. The average molecular weight is 406 g/mol. The van der Waals surface area contributed by atoms with Gasteiger partial charge in [-0.05, 0) is 13.3 Å². The number of epoxide rings is 1. The molecular weight excluding hydrogens is 376 g/mol. The van der Waals surface area contributed by atoms with Crippen molar-refractivity contribution in [1.29, 1.82) is 0 Å². The summed E-state index contributed by atoms with van der Waals surface area (Å²) in [5, 5.41) is 40.6. The molecule has 0 bridgehead atoms. The van der Waals surface area contributed by atoms with Gasteiger partial charge in [0.15, 0.2) is 5.78 Å². The van der Waals surface area contributed by atoms with Crippen LogP contribution < -0.4 is 0 Å². The Bertz CT molecular complexity index is 717. The SMILES string of the molecule is C[C@H]([C@@H]1O[C@H]1C[C@H]1CO[C@@H](CC(=O)/C=C(\O)c2ccccc2)[C@H](O)[C@@H]1O)[C@H](C)O. The molecule has 29 heavy (non-hydrogen) atoms. The summed E-state index contributed by atoms with van der Waals surface area (Å²) in [5.74, 6) is -0.845. The summed E-state index contributed by atoms with van der Waals surface area (Å²) in [5.41, 5.74) is 0.525. The van der Waals surface area contributed by atoms with Crippen LogP contribution in [0.15, 0.2) is 36.4 Å². The third-order valence-electron chi connectivity index (χ3n) is 5.94. The van der Waals surface area contributed by atoms with Gasteiger partial charge in [0.2, 0.25) is 0 Å². The summed E-state index contributed by atoms with van der Waals surface area (Å²) in [6, 6.07) is 8.69. The highest BCUT2D eigenvalue weighted by Gasteiger charge is 2.48. The molecule has 160 valence electrons. The molecule has 3 rings (SSSR count). The van der Waals surface area contributed by atoms with Gasteiger partial charge in [-0.3, -0.25) is 4.79 Å². The minimum absolute atomic E-state index is 0.000949. The lowest BCUT2D eigenvalue weighted by Gasteiger charge is -2.37. The van der Waals surface area contributed by atoms with Gasteiger partial charge >= 0.3 is 0 Å². The highest BCUT2D eigenvalue weighted by Crippen LogP contribution is 2.38. The number of allylic oxidation sites excluding steroid dienone is 1. The lowest BCUT2D eigenvalue weighted by molar-refractivity contribution is -0.169. The van der Waals surface area contributed by atoms with Gasteiger partial charge in [0, 0.05) is 29.9 Å². The zero-order valence-corrected chi connectivity index (χ0v) is 16.7. The molecular formula is C22H30O7. The number of rotatable bonds is 8. The number of carbonyl (C=O) groups is 1. The van der Waals surface area contributed by atoms with E-state index in [1.165, 1.54) is 0 Å². The fourth-order valence-electron chi connectivity index (χ4n) is 3.81. The molecule has 2 fully saturated rings. The number of ketones is 1. The van der Waals surface area contributed by atoms with E-state index in [1.807, 2.05) is 13.0 Å². The molecule has 2 aliphatic heterocycles. The van der Waals surface area contributed by atoms with Crippen molar-refractivity contribution in [3.05, 3.63) is 42.0 Å². The van der Waals surface area contributed by atoms with Crippen LogP contribution in [0.1, 0.15) is 32.3 Å². The first-order valence-electron chi connectivity index (χ1n) is 10.1. The maximum absolute atomic E-state index is 12.2. The third-order valence-corrected chi connectivity index (χ3v) is 5.94. The zero-order valence-electron chi connectivity index (χ0n) is 16.7. The largest absolute Gasteiger partial charge is 0.507 e. The average Bonchev–Trinajstić information content (AvgIpc) is 3.46. The van der Waals surface area contributed by atoms with Gasteiger partial charge in [-0.2, -0.15) is 0 Å². The molecule has 7 heteroatoms. The molecule has 0 aromatic heterocycles. The van der Waals surface area contributed by atoms with Crippen LogP contribution in [0.2, 0.25) is 0 Å². The van der Waals surface area contributed by atoms with Gasteiger partial charge < -0.3 is 29.9 Å². The quantitative estimate of drug-likeness (QED) is 0.293. The predicted molar refractivity (Wildman–Crippen MR) is 106 cm³/mol. The van der Waals surface area contributed by atoms with Crippen molar-refractivity contribution in [3.8, 4) is 0 Å². The predicted octanol–water partition coefficient (Wildman–Crippen LogP) is 1.46. The molecule has 0 radical (unpaired) electrons. The van der Waals surface area contributed by atoms with Crippen LogP contribution in [0.25, 0.3) is 5.76 Å². The molecule has 4 N–H and O–H groups in total. The van der Waals surface area contributed by atoms with Crippen LogP contribution in [-0.2, 0) is 14.3 Å². The lowest BCUT2D eigenvalue weighted by atomic mass is 9.85. The molecule has 1 aromatic rings. The van der Waals surface area contributed by atoms with Crippen LogP contribution in [0.5, 0.6) is 0 Å². The molecule has 7 nitrogen and oxygen atoms in total. The lowest BCUT2D eigenvalue weighted by Crippen LogP contribution is -2.51. The Morgan fingerprint density at radius 3 is 2.52 bits per heavy atom. The van der Waals surface area contributed by atoms with Crippen LogP contribution in [0.3, 0.4) is 0 Å². The molecule has 2 saturated heterocycles. The number of hydrogen-bond donors (Lipinski definition) is 4. The topological polar surface area (TPSA) is 120 Å². The smallest absolute Gasteiger partial charge is 0.162 e. The molecule has 8 atom stereocenters. The van der Waals surface area contributed by atoms with Gasteiger partial charge in [-0.15, -0.1) is 0 Å². The van der Waals surface area contributed by atoms with Crippen molar-refractivity contribution >= 4 is 11.5 Å². The van der Waals surface area contributed by atoms with E-state index >= 15 is 0 Å². The van der Waals surface area contributed by atoms with Gasteiger partial charge in [0.05, 0.1) is 37.1 Å². The van der Waals surface area contributed by atoms with Gasteiger partial charge in [0.25, 0.3) is 0 Å². The third kappa shape index (κ3) is 5.43. The van der Waals surface area contributed by atoms with Crippen molar-refractivity contribution in [2.45, 2.75) is 63.3 Å². The second-order valence-electron chi connectivity index (χ2n) is 8.15. The Morgan fingerprint density at radius 2 is 1.86 bits per heavy atom. The minimum Gasteiger partial charge on any atom is -0.507 e. The number of aliphatic hydroxyl groups excluding tert-OH is 4. The van der Waals surface area contributed by atoms with Crippen molar-refractivity contribution in [2.24, 2.45) is 11.8 Å². The van der Waals surface area contributed by atoms with Gasteiger partial charge in [-0.25, -0.2) is 0 Å². The zero-order chi connectivity index (χ0) is 21.1. The second-order valence-corrected chi connectivity index (χ2v) is 8.15. The van der Waals surface area contributed by atoms with Crippen molar-refractivity contribution < 1.29 is 34.7 Å². The first-order valence-corrected chi connectivity index (χ1v) is 10.1. The number of benzene rings is 1. The summed E-state index contributed by atoms with van der Waals surface area (Å²) in [7, 11) is 0. The molecule has 0 amide bonds. The van der Waals surface area contributed by atoms with Crippen LogP contribution in [-0.4, -0.2) is 69.4 Å². The van der Waals surface area contributed by atoms with E-state index in [0.717, 1.165) is 6.08 Å². The normalized spacial score (nSPS) is 34.4. The molecule has 0 unspecified atom stereocenters. The van der Waals surface area contributed by atoms with Gasteiger partial charge in [0.1, 0.15) is 11.9 Å². The van der Waals surface area contributed by atoms with Crippen molar-refractivity contribution in [2.75, 3.05) is 6.61 Å². The summed E-state index contributed by atoms with van der Waals surface area (Å²) >= 11 is 0. The van der Waals surface area contributed by atoms with Crippen molar-refractivity contribution in [3.63, 3.8) is 0 Å². The fraction of sp³-hybridized carbons (Fsp3) is 0.591. The Hall–Kier alpha value is -1.77. The van der Waals surface area contributed by atoms with E-state index in [9.17, 15) is 25.2 Å². The highest BCUT2D eigenvalue weighted by molar-refractivity contribution is 5.95. The first-order chi connectivity index (χ1) is 13.8. The molecule has 2 heterocycles. The molecule has 0 saturated carbocycles. The van der Waals surface area contributed by atoms with Crippen LogP contribution >= 0.6 is 0 Å². The monoisotopic (exact) mass is 406 g/mol. The van der Waals surface area contributed by atoms with E-state index in [0.29, 0.717) is 12.0 Å². The summed E-state index contributed by atoms with van der Waals surface area (Å²) in [4.78, 5) is 12.2. The van der Waals surface area contributed by atoms with Crippen LogP contribution in [0, 0.1) is 11.8 Å². The fourth-order valence-corrected chi connectivity index (χ4v) is 3.81. The van der Waals surface area contributed by atoms with E-state index in [-0.39, 0.29) is 42.8 Å². The minimum atomic E-state index is -1.20. The van der Waals surface area contributed by atoms with E-state index in [1.54, 1.807) is 31.2 Å².